The highest BCUT2D eigenvalue weighted by molar-refractivity contribution is 6.30. The van der Waals surface area contributed by atoms with Gasteiger partial charge in [0.15, 0.2) is 5.78 Å². The maximum atomic E-state index is 13.3. The Morgan fingerprint density at radius 2 is 1.89 bits per heavy atom. The van der Waals surface area contributed by atoms with E-state index >= 15 is 0 Å². The van der Waals surface area contributed by atoms with Crippen LogP contribution >= 0.6 is 11.6 Å². The van der Waals surface area contributed by atoms with E-state index in [2.05, 4.69) is 34.5 Å². The summed E-state index contributed by atoms with van der Waals surface area (Å²) in [5, 5.41) is 8.41. The Hall–Kier alpha value is -2.92. The summed E-state index contributed by atoms with van der Waals surface area (Å²) in [6, 6.07) is 15.6. The molecule has 2 aliphatic rings. The third kappa shape index (κ3) is 2.74. The van der Waals surface area contributed by atoms with Crippen molar-refractivity contribution in [3.8, 4) is 0 Å². The van der Waals surface area contributed by atoms with Crippen LogP contribution in [0.1, 0.15) is 41.5 Å². The number of rotatable bonds is 2. The molecular formula is C22H19ClN4O. The Labute approximate surface area is 168 Å². The summed E-state index contributed by atoms with van der Waals surface area (Å²) >= 11 is 6.07. The second kappa shape index (κ2) is 6.60. The normalized spacial score (nSPS) is 21.1. The van der Waals surface area contributed by atoms with Gasteiger partial charge in [-0.1, -0.05) is 48.0 Å². The molecular weight excluding hydrogens is 372 g/mol. The van der Waals surface area contributed by atoms with Crippen molar-refractivity contribution in [3.63, 3.8) is 0 Å². The molecule has 28 heavy (non-hydrogen) atoms. The fourth-order valence-corrected chi connectivity index (χ4v) is 4.50. The zero-order valence-corrected chi connectivity index (χ0v) is 16.1. The van der Waals surface area contributed by atoms with Crippen LogP contribution in [0, 0.1) is 6.92 Å². The first kappa shape index (κ1) is 17.2. The first-order chi connectivity index (χ1) is 13.6. The van der Waals surface area contributed by atoms with Crippen molar-refractivity contribution in [3.05, 3.63) is 87.8 Å². The average Bonchev–Trinajstić information content (AvgIpc) is 3.15. The molecule has 2 aromatic carbocycles. The number of carbonyl (C=O) groups is 1. The molecule has 1 aromatic heterocycles. The predicted molar refractivity (Wildman–Crippen MR) is 108 cm³/mol. The lowest BCUT2D eigenvalue weighted by atomic mass is 9.77. The van der Waals surface area contributed by atoms with E-state index in [-0.39, 0.29) is 17.7 Å². The number of nitrogens with zero attached hydrogens (tertiary/aromatic N) is 3. The number of allylic oxidation sites excluding steroid dienone is 2. The zero-order valence-electron chi connectivity index (χ0n) is 15.4. The summed E-state index contributed by atoms with van der Waals surface area (Å²) in [5.74, 6) is 0.986. The molecule has 2 heterocycles. The van der Waals surface area contributed by atoms with Gasteiger partial charge < -0.3 is 5.32 Å². The second-order valence-corrected chi connectivity index (χ2v) is 7.82. The molecule has 6 heteroatoms. The number of Topliss-reactive ketones (excluding diaryl/α,β-unsaturated/α-hetero) is 1. The topological polar surface area (TPSA) is 59.8 Å². The van der Waals surface area contributed by atoms with Crippen LogP contribution < -0.4 is 5.32 Å². The van der Waals surface area contributed by atoms with E-state index in [1.807, 2.05) is 36.4 Å². The number of aryl methyl sites for hydroxylation is 1. The number of hydrogen-bond donors (Lipinski definition) is 1. The zero-order chi connectivity index (χ0) is 19.3. The number of anilines is 1. The third-order valence-corrected chi connectivity index (χ3v) is 5.93. The number of benzene rings is 2. The Morgan fingerprint density at radius 1 is 1.11 bits per heavy atom. The number of halogens is 1. The van der Waals surface area contributed by atoms with Crippen molar-refractivity contribution < 1.29 is 4.79 Å². The van der Waals surface area contributed by atoms with Gasteiger partial charge in [-0.15, -0.1) is 0 Å². The van der Waals surface area contributed by atoms with Gasteiger partial charge in [-0.25, -0.2) is 4.68 Å². The van der Waals surface area contributed by atoms with E-state index in [1.54, 1.807) is 4.68 Å². The minimum Gasteiger partial charge on any atom is -0.328 e. The van der Waals surface area contributed by atoms with E-state index in [0.717, 1.165) is 23.3 Å². The summed E-state index contributed by atoms with van der Waals surface area (Å²) in [6.07, 6.45) is 2.80. The lowest BCUT2D eigenvalue weighted by Gasteiger charge is -2.35. The molecule has 0 amide bonds. The van der Waals surface area contributed by atoms with Gasteiger partial charge in [0.25, 0.3) is 0 Å². The summed E-state index contributed by atoms with van der Waals surface area (Å²) in [5.41, 5.74) is 5.17. The molecule has 1 aliphatic heterocycles. The smallest absolute Gasteiger partial charge is 0.226 e. The number of carbonyl (C=O) groups excluding carboxylic acids is 1. The van der Waals surface area contributed by atoms with Crippen LogP contribution in [0.2, 0.25) is 5.02 Å². The number of hydrogen-bond acceptors (Lipinski definition) is 4. The Balaban J connectivity index is 1.61. The number of fused-ring (bicyclic) bond motifs is 1. The van der Waals surface area contributed by atoms with Gasteiger partial charge in [0.05, 0.1) is 0 Å². The van der Waals surface area contributed by atoms with Gasteiger partial charge in [0.1, 0.15) is 12.4 Å². The fourth-order valence-electron chi connectivity index (χ4n) is 4.37. The minimum absolute atomic E-state index is 0.156. The highest BCUT2D eigenvalue weighted by atomic mass is 35.5. The molecule has 0 saturated carbocycles. The van der Waals surface area contributed by atoms with Crippen molar-refractivity contribution in [1.82, 2.24) is 14.8 Å². The van der Waals surface area contributed by atoms with Crippen molar-refractivity contribution in [2.24, 2.45) is 0 Å². The minimum atomic E-state index is -0.281. The third-order valence-electron chi connectivity index (χ3n) is 5.68. The molecule has 2 atom stereocenters. The van der Waals surface area contributed by atoms with E-state index in [0.29, 0.717) is 17.4 Å². The largest absolute Gasteiger partial charge is 0.328 e. The molecule has 0 spiro atoms. The molecule has 1 N–H and O–H groups in total. The predicted octanol–water partition coefficient (Wildman–Crippen LogP) is 4.66. The lowest BCUT2D eigenvalue weighted by molar-refractivity contribution is -0.116. The monoisotopic (exact) mass is 390 g/mol. The molecule has 3 aromatic rings. The van der Waals surface area contributed by atoms with Gasteiger partial charge in [-0.2, -0.15) is 10.1 Å². The first-order valence-corrected chi connectivity index (χ1v) is 9.73. The van der Waals surface area contributed by atoms with Gasteiger partial charge in [0, 0.05) is 22.7 Å². The molecule has 5 nitrogen and oxygen atoms in total. The molecule has 1 aliphatic carbocycles. The number of ketones is 1. The average molecular weight is 391 g/mol. The lowest BCUT2D eigenvalue weighted by Crippen LogP contribution is -2.33. The fraction of sp³-hybridized carbons (Fsp3) is 0.227. The van der Waals surface area contributed by atoms with Crippen molar-refractivity contribution in [2.75, 3.05) is 5.32 Å². The number of nitrogens with one attached hydrogen (secondary N) is 1. The summed E-state index contributed by atoms with van der Waals surface area (Å²) in [4.78, 5) is 17.7. The van der Waals surface area contributed by atoms with E-state index < -0.39 is 0 Å². The summed E-state index contributed by atoms with van der Waals surface area (Å²) < 4.78 is 1.79. The number of aromatic nitrogens is 3. The van der Waals surface area contributed by atoms with Crippen LogP contribution in [0.15, 0.2) is 66.1 Å². The molecule has 0 fully saturated rings. The van der Waals surface area contributed by atoms with Crippen LogP contribution in [0.4, 0.5) is 5.95 Å². The van der Waals surface area contributed by atoms with Crippen LogP contribution in [0.3, 0.4) is 0 Å². The Morgan fingerprint density at radius 3 is 2.68 bits per heavy atom. The van der Waals surface area contributed by atoms with Crippen molar-refractivity contribution >= 4 is 23.3 Å². The molecule has 0 saturated heterocycles. The van der Waals surface area contributed by atoms with Crippen molar-refractivity contribution in [2.45, 2.75) is 31.7 Å². The SMILES string of the molecule is Cc1ccccc1[C@H]1CC(=O)C2=C(C1)Nc1ncnn1[C@H]2c1ccc(Cl)cc1. The summed E-state index contributed by atoms with van der Waals surface area (Å²) in [6.45, 7) is 2.10. The van der Waals surface area contributed by atoms with E-state index in [9.17, 15) is 4.79 Å². The highest BCUT2D eigenvalue weighted by Gasteiger charge is 2.39. The molecule has 0 bridgehead atoms. The summed E-state index contributed by atoms with van der Waals surface area (Å²) in [7, 11) is 0. The first-order valence-electron chi connectivity index (χ1n) is 9.35. The standard InChI is InChI=1S/C22H19ClN4O/c1-13-4-2-3-5-17(13)15-10-18-20(19(28)11-15)21(14-6-8-16(23)9-7-14)27-22(26-18)24-12-25-27/h2-9,12,15,21H,10-11H2,1H3,(H,24,25,26)/t15-,21+/m1/s1. The van der Waals surface area contributed by atoms with Crippen LogP contribution in [0.25, 0.3) is 0 Å². The molecule has 5 rings (SSSR count). The van der Waals surface area contributed by atoms with Crippen LogP contribution in [-0.2, 0) is 4.79 Å². The maximum Gasteiger partial charge on any atom is 0.226 e. The van der Waals surface area contributed by atoms with Gasteiger partial charge in [-0.05, 0) is 48.1 Å². The molecule has 0 unspecified atom stereocenters. The van der Waals surface area contributed by atoms with Crippen molar-refractivity contribution in [1.29, 1.82) is 0 Å². The van der Waals surface area contributed by atoms with E-state index in [4.69, 9.17) is 11.6 Å². The molecule has 140 valence electrons. The quantitative estimate of drug-likeness (QED) is 0.691. The Kier molecular flexibility index (Phi) is 4.05. The van der Waals surface area contributed by atoms with Gasteiger partial charge >= 0.3 is 0 Å². The van der Waals surface area contributed by atoms with Gasteiger partial charge in [-0.3, -0.25) is 4.79 Å². The Bertz CT molecular complexity index is 1100. The van der Waals surface area contributed by atoms with E-state index in [1.165, 1.54) is 17.5 Å². The highest BCUT2D eigenvalue weighted by Crippen LogP contribution is 2.44. The maximum absolute atomic E-state index is 13.3. The second-order valence-electron chi connectivity index (χ2n) is 7.38. The van der Waals surface area contributed by atoms with Gasteiger partial charge in [0.2, 0.25) is 5.95 Å². The van der Waals surface area contributed by atoms with Crippen LogP contribution in [-0.4, -0.2) is 20.5 Å². The molecule has 0 radical (unpaired) electrons. The van der Waals surface area contributed by atoms with Crippen LogP contribution in [0.5, 0.6) is 0 Å².